The lowest BCUT2D eigenvalue weighted by molar-refractivity contribution is -0.136. The molecule has 0 heterocycles. The van der Waals surface area contributed by atoms with E-state index in [9.17, 15) is 4.79 Å². The number of aliphatic carboxylic acids is 1. The first kappa shape index (κ1) is 12.6. The highest BCUT2D eigenvalue weighted by Crippen LogP contribution is 2.17. The number of carboxylic acid groups (broad SMARTS) is 1. The number of carboxylic acids is 1. The fraction of sp³-hybridized carbons (Fsp3) is 0.250. The molecule has 2 N–H and O–H groups in total. The Kier molecular flexibility index (Phi) is 4.84. The van der Waals surface area contributed by atoms with Gasteiger partial charge in [-0.05, 0) is 30.8 Å². The number of halogens is 1. The molecule has 0 fully saturated rings. The number of hydrogen-bond donors (Lipinski definition) is 2. The van der Waals surface area contributed by atoms with Crippen LogP contribution in [0.1, 0.15) is 11.1 Å². The van der Waals surface area contributed by atoms with Gasteiger partial charge in [0.05, 0.1) is 13.0 Å². The van der Waals surface area contributed by atoms with Crippen molar-refractivity contribution >= 4 is 17.6 Å². The second-order valence-corrected chi connectivity index (χ2v) is 3.62. The normalized spacial score (nSPS) is 9.38. The maximum Gasteiger partial charge on any atom is 0.307 e. The van der Waals surface area contributed by atoms with Crippen LogP contribution in [0.3, 0.4) is 0 Å². The van der Waals surface area contributed by atoms with Crippen LogP contribution in [-0.4, -0.2) is 24.7 Å². The molecule has 0 saturated carbocycles. The van der Waals surface area contributed by atoms with Crippen LogP contribution in [0.2, 0.25) is 5.02 Å². The molecule has 84 valence electrons. The molecule has 0 saturated heterocycles. The number of nitrogens with one attached hydrogen (secondary N) is 1. The summed E-state index contributed by atoms with van der Waals surface area (Å²) < 4.78 is 0. The van der Waals surface area contributed by atoms with E-state index in [0.29, 0.717) is 17.1 Å². The van der Waals surface area contributed by atoms with Gasteiger partial charge < -0.3 is 10.4 Å². The third-order valence-corrected chi connectivity index (χ3v) is 2.25. The Hall–Kier alpha value is -1.50. The van der Waals surface area contributed by atoms with Gasteiger partial charge in [0, 0.05) is 10.6 Å². The maximum absolute atomic E-state index is 10.6. The highest BCUT2D eigenvalue weighted by atomic mass is 35.5. The Labute approximate surface area is 99.4 Å². The van der Waals surface area contributed by atoms with Crippen molar-refractivity contribution in [1.29, 1.82) is 0 Å². The molecule has 1 aromatic carbocycles. The summed E-state index contributed by atoms with van der Waals surface area (Å²) in [5, 5.41) is 12.1. The van der Waals surface area contributed by atoms with Crippen LogP contribution in [0, 0.1) is 11.8 Å². The van der Waals surface area contributed by atoms with Gasteiger partial charge in [0.25, 0.3) is 0 Å². The van der Waals surface area contributed by atoms with E-state index in [1.165, 1.54) is 0 Å². The first-order valence-corrected chi connectivity index (χ1v) is 5.15. The van der Waals surface area contributed by atoms with Crippen LogP contribution in [0.15, 0.2) is 18.2 Å². The van der Waals surface area contributed by atoms with Crippen LogP contribution in [0.25, 0.3) is 0 Å². The summed E-state index contributed by atoms with van der Waals surface area (Å²) >= 11 is 5.88. The number of carbonyl (C=O) groups is 1. The zero-order valence-electron chi connectivity index (χ0n) is 8.88. The van der Waals surface area contributed by atoms with Gasteiger partial charge in [0.2, 0.25) is 0 Å². The zero-order chi connectivity index (χ0) is 12.0. The van der Waals surface area contributed by atoms with E-state index < -0.39 is 5.97 Å². The van der Waals surface area contributed by atoms with Crippen LogP contribution in [0.5, 0.6) is 0 Å². The minimum absolute atomic E-state index is 0.0830. The number of hydrogen-bond acceptors (Lipinski definition) is 2. The average Bonchev–Trinajstić information content (AvgIpc) is 2.22. The highest BCUT2D eigenvalue weighted by molar-refractivity contribution is 6.31. The minimum atomic E-state index is -0.901. The molecule has 3 nitrogen and oxygen atoms in total. The molecule has 0 spiro atoms. The van der Waals surface area contributed by atoms with Gasteiger partial charge in [-0.15, -0.1) is 0 Å². The van der Waals surface area contributed by atoms with Gasteiger partial charge in [-0.2, -0.15) is 0 Å². The van der Waals surface area contributed by atoms with Crippen LogP contribution >= 0.6 is 11.6 Å². The fourth-order valence-electron chi connectivity index (χ4n) is 1.19. The quantitative estimate of drug-likeness (QED) is 0.784. The van der Waals surface area contributed by atoms with E-state index in [1.807, 2.05) is 7.05 Å². The van der Waals surface area contributed by atoms with E-state index in [2.05, 4.69) is 17.2 Å². The predicted octanol–water partition coefficient (Wildman–Crippen LogP) is 1.54. The smallest absolute Gasteiger partial charge is 0.307 e. The molecule has 4 heteroatoms. The van der Waals surface area contributed by atoms with Crippen molar-refractivity contribution in [2.24, 2.45) is 0 Å². The summed E-state index contributed by atoms with van der Waals surface area (Å²) in [5.74, 6) is 4.92. The second kappa shape index (κ2) is 6.16. The predicted molar refractivity (Wildman–Crippen MR) is 63.6 cm³/mol. The molecule has 16 heavy (non-hydrogen) atoms. The summed E-state index contributed by atoms with van der Waals surface area (Å²) in [7, 11) is 1.81. The number of rotatable bonds is 3. The highest BCUT2D eigenvalue weighted by Gasteiger charge is 2.05. The molecular formula is C12H12ClNO2. The van der Waals surface area contributed by atoms with Crippen molar-refractivity contribution in [3.05, 3.63) is 34.3 Å². The van der Waals surface area contributed by atoms with Crippen LogP contribution in [0.4, 0.5) is 0 Å². The van der Waals surface area contributed by atoms with Crippen molar-refractivity contribution in [3.8, 4) is 11.8 Å². The molecule has 0 bridgehead atoms. The molecule has 1 aromatic rings. The van der Waals surface area contributed by atoms with Crippen molar-refractivity contribution in [3.63, 3.8) is 0 Å². The van der Waals surface area contributed by atoms with Crippen LogP contribution in [-0.2, 0) is 11.2 Å². The summed E-state index contributed by atoms with van der Waals surface area (Å²) in [6.07, 6.45) is -0.0830. The molecule has 0 aliphatic carbocycles. The molecule has 0 aliphatic heterocycles. The lowest BCUT2D eigenvalue weighted by Gasteiger charge is -2.01. The molecule has 0 aliphatic rings. The molecule has 1 rings (SSSR count). The first-order valence-electron chi connectivity index (χ1n) is 4.77. The monoisotopic (exact) mass is 237 g/mol. The molecule has 0 radical (unpaired) electrons. The first-order chi connectivity index (χ1) is 7.63. The van der Waals surface area contributed by atoms with Gasteiger partial charge >= 0.3 is 5.97 Å². The molecule has 0 unspecified atom stereocenters. The Morgan fingerprint density at radius 1 is 1.56 bits per heavy atom. The number of benzene rings is 1. The Bertz CT molecular complexity index is 446. The average molecular weight is 238 g/mol. The largest absolute Gasteiger partial charge is 0.481 e. The topological polar surface area (TPSA) is 49.3 Å². The van der Waals surface area contributed by atoms with Crippen molar-refractivity contribution in [2.45, 2.75) is 6.42 Å². The molecule has 0 aromatic heterocycles. The second-order valence-electron chi connectivity index (χ2n) is 3.21. The summed E-state index contributed by atoms with van der Waals surface area (Å²) in [6, 6.07) is 5.15. The van der Waals surface area contributed by atoms with Gasteiger partial charge in [-0.25, -0.2) is 0 Å². The minimum Gasteiger partial charge on any atom is -0.481 e. The SMILES string of the molecule is CNCC#Cc1ccc(Cl)c(CC(=O)O)c1. The van der Waals surface area contributed by atoms with Gasteiger partial charge in [0.1, 0.15) is 0 Å². The summed E-state index contributed by atoms with van der Waals surface area (Å²) in [4.78, 5) is 10.6. The molecule has 0 amide bonds. The third kappa shape index (κ3) is 3.93. The zero-order valence-corrected chi connectivity index (χ0v) is 9.64. The van der Waals surface area contributed by atoms with Gasteiger partial charge in [-0.3, -0.25) is 4.79 Å². The summed E-state index contributed by atoms with van der Waals surface area (Å²) in [5.41, 5.74) is 1.36. The third-order valence-electron chi connectivity index (χ3n) is 1.89. The van der Waals surface area contributed by atoms with Crippen molar-refractivity contribution < 1.29 is 9.90 Å². The van der Waals surface area contributed by atoms with E-state index in [1.54, 1.807) is 18.2 Å². The summed E-state index contributed by atoms with van der Waals surface area (Å²) in [6.45, 7) is 0.594. The maximum atomic E-state index is 10.6. The van der Waals surface area contributed by atoms with Gasteiger partial charge in [-0.1, -0.05) is 23.4 Å². The van der Waals surface area contributed by atoms with E-state index in [0.717, 1.165) is 5.56 Å². The Morgan fingerprint density at radius 2 is 2.31 bits per heavy atom. The van der Waals surface area contributed by atoms with E-state index in [4.69, 9.17) is 16.7 Å². The molecular weight excluding hydrogens is 226 g/mol. The molecule has 0 atom stereocenters. The fourth-order valence-corrected chi connectivity index (χ4v) is 1.37. The Balaban J connectivity index is 2.90. The van der Waals surface area contributed by atoms with E-state index >= 15 is 0 Å². The van der Waals surface area contributed by atoms with Gasteiger partial charge in [0.15, 0.2) is 0 Å². The standard InChI is InChI=1S/C12H12ClNO2/c1-14-6-2-3-9-4-5-11(13)10(7-9)8-12(15)16/h4-5,7,14H,6,8H2,1H3,(H,15,16). The van der Waals surface area contributed by atoms with Crippen LogP contribution < -0.4 is 5.32 Å². The lowest BCUT2D eigenvalue weighted by Crippen LogP contribution is -2.04. The Morgan fingerprint density at radius 3 is 2.94 bits per heavy atom. The van der Waals surface area contributed by atoms with E-state index in [-0.39, 0.29) is 6.42 Å². The lowest BCUT2D eigenvalue weighted by atomic mass is 10.1. The van der Waals surface area contributed by atoms with Crippen molar-refractivity contribution in [1.82, 2.24) is 5.32 Å². The van der Waals surface area contributed by atoms with Crippen molar-refractivity contribution in [2.75, 3.05) is 13.6 Å².